The fourth-order valence-electron chi connectivity index (χ4n) is 2.88. The molecule has 152 valence electrons. The highest BCUT2D eigenvalue weighted by Gasteiger charge is 2.31. The van der Waals surface area contributed by atoms with Crippen molar-refractivity contribution in [2.45, 2.75) is 37.7 Å². The van der Waals surface area contributed by atoms with E-state index in [1.807, 2.05) is 48.5 Å². The summed E-state index contributed by atoms with van der Waals surface area (Å²) in [5.74, 6) is 0. The van der Waals surface area contributed by atoms with Crippen LogP contribution in [0.2, 0.25) is 0 Å². The third kappa shape index (κ3) is 4.46. The molecule has 3 unspecified atom stereocenters. The Morgan fingerprint density at radius 2 is 1.31 bits per heavy atom. The van der Waals surface area contributed by atoms with Gasteiger partial charge in [0.15, 0.2) is 0 Å². The van der Waals surface area contributed by atoms with Gasteiger partial charge in [-0.2, -0.15) is 0 Å². The first-order chi connectivity index (χ1) is 13.7. The first-order valence-electron chi connectivity index (χ1n) is 9.26. The summed E-state index contributed by atoms with van der Waals surface area (Å²) in [6.45, 7) is 5.29. The minimum atomic E-state index is -1.56. The maximum Gasteiger partial charge on any atom is 0.254 e. The largest absolute Gasteiger partial charge is 0.386 e. The summed E-state index contributed by atoms with van der Waals surface area (Å²) in [5.41, 5.74) is 0.0340. The molecule has 3 atom stereocenters. The molecule has 3 aromatic rings. The molecule has 6 nitrogen and oxygen atoms in total. The molecule has 0 amide bonds. The molecule has 0 bridgehead atoms. The zero-order chi connectivity index (χ0) is 21.2. The Labute approximate surface area is 171 Å². The van der Waals surface area contributed by atoms with E-state index in [1.54, 1.807) is 32.9 Å². The van der Waals surface area contributed by atoms with Gasteiger partial charge >= 0.3 is 0 Å². The van der Waals surface area contributed by atoms with E-state index in [0.717, 1.165) is 5.56 Å². The van der Waals surface area contributed by atoms with Crippen LogP contribution in [0.25, 0.3) is 0 Å². The highest BCUT2D eigenvalue weighted by atomic mass is 32.2. The highest BCUT2D eigenvalue weighted by Crippen LogP contribution is 2.33. The highest BCUT2D eigenvalue weighted by molar-refractivity contribution is 7.87. The van der Waals surface area contributed by atoms with Crippen LogP contribution in [0.4, 0.5) is 11.4 Å². The average molecular weight is 413 g/mol. The summed E-state index contributed by atoms with van der Waals surface area (Å²) in [6.07, 6.45) is -0.969. The Kier molecular flexibility index (Phi) is 6.00. The predicted octanol–water partition coefficient (Wildman–Crippen LogP) is 3.04. The number of nitrogens with one attached hydrogen (secondary N) is 2. The van der Waals surface area contributed by atoms with E-state index in [4.69, 9.17) is 0 Å². The fourth-order valence-corrected chi connectivity index (χ4v) is 3.56. The summed E-state index contributed by atoms with van der Waals surface area (Å²) in [7, 11) is -1.56. The van der Waals surface area contributed by atoms with Gasteiger partial charge in [-0.25, -0.2) is 4.21 Å². The molecule has 3 aromatic carbocycles. The van der Waals surface area contributed by atoms with Crippen LogP contribution in [0.15, 0.2) is 70.3 Å². The summed E-state index contributed by atoms with van der Waals surface area (Å²) in [4.78, 5) is 24.3. The van der Waals surface area contributed by atoms with Crippen molar-refractivity contribution in [3.05, 3.63) is 92.2 Å². The van der Waals surface area contributed by atoms with Gasteiger partial charge in [0.05, 0.1) is 10.8 Å². The third-order valence-corrected chi connectivity index (χ3v) is 6.08. The van der Waals surface area contributed by atoms with E-state index in [2.05, 4.69) is 10.0 Å². The molecule has 0 fully saturated rings. The van der Waals surface area contributed by atoms with Crippen molar-refractivity contribution in [3.8, 4) is 0 Å². The molecule has 3 N–H and O–H groups in total. The van der Waals surface area contributed by atoms with Gasteiger partial charge in [-0.05, 0) is 31.9 Å². The topological polar surface area (TPSA) is 95.5 Å². The lowest BCUT2D eigenvalue weighted by Gasteiger charge is -2.28. The van der Waals surface area contributed by atoms with Gasteiger partial charge in [0.1, 0.15) is 28.5 Å². The second kappa shape index (κ2) is 8.31. The number of rotatable bonds is 7. The molecule has 0 aliphatic carbocycles. The van der Waals surface area contributed by atoms with Crippen LogP contribution in [-0.2, 0) is 11.0 Å². The van der Waals surface area contributed by atoms with Gasteiger partial charge < -0.3 is 10.4 Å². The quantitative estimate of drug-likeness (QED) is 0.519. The molecule has 0 saturated carbocycles. The lowest BCUT2D eigenvalue weighted by molar-refractivity contribution is 0.155. The van der Waals surface area contributed by atoms with Crippen molar-refractivity contribution < 1.29 is 9.32 Å². The normalized spacial score (nSPS) is 14.9. The first-order valence-corrected chi connectivity index (χ1v) is 10.4. The zero-order valence-corrected chi connectivity index (χ0v) is 17.3. The van der Waals surface area contributed by atoms with E-state index in [0.29, 0.717) is 5.56 Å². The van der Waals surface area contributed by atoms with E-state index in [9.17, 15) is 18.9 Å². The molecule has 0 saturated heterocycles. The Morgan fingerprint density at radius 3 is 1.83 bits per heavy atom. The molecular weight excluding hydrogens is 388 g/mol. The SMILES string of the molecule is CC(C)(C)S(=O)Nc1c(NC(c2ccccc2)C(O)c2ccccc2)c(=O)c1=O. The van der Waals surface area contributed by atoms with Gasteiger partial charge in [0.25, 0.3) is 10.9 Å². The Hall–Kier alpha value is -2.77. The first kappa shape index (κ1) is 21.0. The van der Waals surface area contributed by atoms with Crippen LogP contribution in [-0.4, -0.2) is 14.1 Å². The van der Waals surface area contributed by atoms with Gasteiger partial charge in [-0.1, -0.05) is 60.7 Å². The van der Waals surface area contributed by atoms with Crippen LogP contribution in [0.1, 0.15) is 44.0 Å². The second-order valence-corrected chi connectivity index (χ2v) is 9.75. The number of hydrogen-bond donors (Lipinski definition) is 3. The smallest absolute Gasteiger partial charge is 0.254 e. The number of hydrogen-bond acceptors (Lipinski definition) is 5. The van der Waals surface area contributed by atoms with Crippen molar-refractivity contribution in [2.75, 3.05) is 10.0 Å². The van der Waals surface area contributed by atoms with E-state index < -0.39 is 38.7 Å². The van der Waals surface area contributed by atoms with Gasteiger partial charge in [-0.15, -0.1) is 0 Å². The molecule has 0 aromatic heterocycles. The lowest BCUT2D eigenvalue weighted by atomic mass is 9.95. The van der Waals surface area contributed by atoms with Gasteiger partial charge in [-0.3, -0.25) is 14.3 Å². The Morgan fingerprint density at radius 1 is 0.828 bits per heavy atom. The summed E-state index contributed by atoms with van der Waals surface area (Å²) < 4.78 is 14.4. The number of anilines is 2. The van der Waals surface area contributed by atoms with Crippen molar-refractivity contribution in [2.24, 2.45) is 0 Å². The maximum absolute atomic E-state index is 12.4. The number of aliphatic hydroxyl groups is 1. The van der Waals surface area contributed by atoms with Crippen LogP contribution >= 0.6 is 0 Å². The zero-order valence-electron chi connectivity index (χ0n) is 16.5. The Bertz CT molecular complexity index is 1070. The van der Waals surface area contributed by atoms with Gasteiger partial charge in [0.2, 0.25) is 0 Å². The van der Waals surface area contributed by atoms with E-state index in [-0.39, 0.29) is 11.4 Å². The molecule has 0 spiro atoms. The molecular formula is C22H24N2O4S. The Balaban J connectivity index is 1.96. The van der Waals surface area contributed by atoms with Crippen molar-refractivity contribution >= 4 is 22.4 Å². The molecule has 29 heavy (non-hydrogen) atoms. The van der Waals surface area contributed by atoms with Gasteiger partial charge in [0, 0.05) is 0 Å². The molecule has 0 aliphatic rings. The standard InChI is InChI=1S/C22H24N2O4S/c1-22(2,3)29(28)24-18-17(20(26)21(18)27)23-16(14-10-6-4-7-11-14)19(25)15-12-8-5-9-13-15/h4-13,16,19,23-25H,1-3H3. The molecule has 0 aliphatic heterocycles. The maximum atomic E-state index is 12.4. The van der Waals surface area contributed by atoms with Crippen LogP contribution in [0, 0.1) is 0 Å². The van der Waals surface area contributed by atoms with Crippen LogP contribution in [0.3, 0.4) is 0 Å². The fraction of sp³-hybridized carbons (Fsp3) is 0.273. The minimum Gasteiger partial charge on any atom is -0.386 e. The number of aliphatic hydroxyl groups excluding tert-OH is 1. The summed E-state index contributed by atoms with van der Waals surface area (Å²) in [5, 5.41) is 14.0. The lowest BCUT2D eigenvalue weighted by Crippen LogP contribution is -2.41. The molecule has 7 heteroatoms. The summed E-state index contributed by atoms with van der Waals surface area (Å²) >= 11 is 0. The van der Waals surface area contributed by atoms with Crippen LogP contribution in [0.5, 0.6) is 0 Å². The van der Waals surface area contributed by atoms with Crippen molar-refractivity contribution in [1.29, 1.82) is 0 Å². The number of benzene rings is 2. The summed E-state index contributed by atoms with van der Waals surface area (Å²) in [6, 6.07) is 17.6. The average Bonchev–Trinajstić information content (AvgIpc) is 2.72. The monoisotopic (exact) mass is 412 g/mol. The van der Waals surface area contributed by atoms with E-state index >= 15 is 0 Å². The van der Waals surface area contributed by atoms with E-state index in [1.165, 1.54) is 0 Å². The molecule has 0 heterocycles. The van der Waals surface area contributed by atoms with Crippen molar-refractivity contribution in [1.82, 2.24) is 0 Å². The van der Waals surface area contributed by atoms with Crippen molar-refractivity contribution in [3.63, 3.8) is 0 Å². The molecule has 0 radical (unpaired) electrons. The minimum absolute atomic E-state index is 0.00977. The third-order valence-electron chi connectivity index (χ3n) is 4.58. The second-order valence-electron chi connectivity index (χ2n) is 7.78. The van der Waals surface area contributed by atoms with Crippen LogP contribution < -0.4 is 20.9 Å². The predicted molar refractivity (Wildman–Crippen MR) is 117 cm³/mol. The molecule has 3 rings (SSSR count).